The SMILES string of the molecule is CC(C)(C)OC(=O)N1CC2CC1C2Nc1cccc(-n2cnc3ccccc32)n1. The van der Waals surface area contributed by atoms with E-state index >= 15 is 0 Å². The second-order valence-corrected chi connectivity index (χ2v) is 8.85. The molecule has 4 heterocycles. The van der Waals surface area contributed by atoms with Gasteiger partial charge in [-0.15, -0.1) is 0 Å². The summed E-state index contributed by atoms with van der Waals surface area (Å²) in [5.74, 6) is 2.07. The maximum Gasteiger partial charge on any atom is 0.410 e. The van der Waals surface area contributed by atoms with Crippen molar-refractivity contribution < 1.29 is 9.53 Å². The molecule has 6 rings (SSSR count). The van der Waals surface area contributed by atoms with E-state index in [4.69, 9.17) is 9.72 Å². The van der Waals surface area contributed by atoms with Crippen molar-refractivity contribution in [2.24, 2.45) is 5.92 Å². The summed E-state index contributed by atoms with van der Waals surface area (Å²) in [4.78, 5) is 23.6. The van der Waals surface area contributed by atoms with Crippen molar-refractivity contribution in [1.29, 1.82) is 0 Å². The predicted molar refractivity (Wildman–Crippen MR) is 111 cm³/mol. The van der Waals surface area contributed by atoms with Crippen LogP contribution in [0.15, 0.2) is 48.8 Å². The first kappa shape index (κ1) is 18.0. The predicted octanol–water partition coefficient (Wildman–Crippen LogP) is 3.84. The van der Waals surface area contributed by atoms with E-state index in [9.17, 15) is 4.79 Å². The highest BCUT2D eigenvalue weighted by Gasteiger charge is 2.54. The van der Waals surface area contributed by atoms with Gasteiger partial charge in [-0.1, -0.05) is 18.2 Å². The molecular weight excluding hydrogens is 366 g/mol. The van der Waals surface area contributed by atoms with Crippen LogP contribution in [0.3, 0.4) is 0 Å². The van der Waals surface area contributed by atoms with Gasteiger partial charge in [0.2, 0.25) is 0 Å². The van der Waals surface area contributed by atoms with Crippen molar-refractivity contribution >= 4 is 22.9 Å². The number of fused-ring (bicyclic) bond motifs is 2. The lowest BCUT2D eigenvalue weighted by Gasteiger charge is -2.37. The van der Waals surface area contributed by atoms with Crippen molar-refractivity contribution in [3.63, 3.8) is 0 Å². The van der Waals surface area contributed by atoms with E-state index in [2.05, 4.69) is 10.3 Å². The van der Waals surface area contributed by atoms with E-state index in [1.807, 2.05) is 72.7 Å². The number of ether oxygens (including phenoxy) is 1. The van der Waals surface area contributed by atoms with Crippen molar-refractivity contribution in [2.45, 2.75) is 44.9 Å². The fourth-order valence-electron chi connectivity index (χ4n) is 4.31. The van der Waals surface area contributed by atoms with E-state index in [0.717, 1.165) is 35.6 Å². The van der Waals surface area contributed by atoms with Crippen molar-refractivity contribution in [3.8, 4) is 5.82 Å². The molecule has 0 radical (unpaired) electrons. The summed E-state index contributed by atoms with van der Waals surface area (Å²) in [5.41, 5.74) is 1.49. The zero-order valence-electron chi connectivity index (χ0n) is 16.9. The summed E-state index contributed by atoms with van der Waals surface area (Å²) in [6, 6.07) is 14.3. The Kier molecular flexibility index (Phi) is 4.01. The second kappa shape index (κ2) is 6.47. The Labute approximate surface area is 169 Å². The van der Waals surface area contributed by atoms with Crippen molar-refractivity contribution in [2.75, 3.05) is 11.9 Å². The van der Waals surface area contributed by atoms with Crippen LogP contribution in [-0.4, -0.2) is 49.8 Å². The number of rotatable bonds is 3. The van der Waals surface area contributed by atoms with Gasteiger partial charge in [-0.05, 0) is 51.5 Å². The fourth-order valence-corrected chi connectivity index (χ4v) is 4.31. The first-order chi connectivity index (χ1) is 13.9. The van der Waals surface area contributed by atoms with Crippen LogP contribution in [0.1, 0.15) is 27.2 Å². The van der Waals surface area contributed by atoms with E-state index in [-0.39, 0.29) is 18.2 Å². The number of anilines is 1. The summed E-state index contributed by atoms with van der Waals surface area (Å²) in [5, 5.41) is 3.54. The van der Waals surface area contributed by atoms with E-state index in [0.29, 0.717) is 5.92 Å². The minimum absolute atomic E-state index is 0.161. The lowest BCUT2D eigenvalue weighted by molar-refractivity contribution is 0.0239. The Morgan fingerprint density at radius 2 is 2.00 bits per heavy atom. The van der Waals surface area contributed by atoms with Gasteiger partial charge in [0.1, 0.15) is 23.6 Å². The van der Waals surface area contributed by atoms with Gasteiger partial charge < -0.3 is 15.0 Å². The first-order valence-corrected chi connectivity index (χ1v) is 10.0. The summed E-state index contributed by atoms with van der Waals surface area (Å²) < 4.78 is 7.55. The molecule has 3 atom stereocenters. The van der Waals surface area contributed by atoms with Crippen molar-refractivity contribution in [1.82, 2.24) is 19.4 Å². The molecule has 2 aromatic heterocycles. The molecule has 7 nitrogen and oxygen atoms in total. The minimum atomic E-state index is -0.476. The molecule has 1 amide bonds. The molecule has 3 unspecified atom stereocenters. The van der Waals surface area contributed by atoms with Gasteiger partial charge >= 0.3 is 6.09 Å². The van der Waals surface area contributed by atoms with E-state index < -0.39 is 5.60 Å². The van der Waals surface area contributed by atoms with Crippen LogP contribution in [0, 0.1) is 5.92 Å². The van der Waals surface area contributed by atoms with Gasteiger partial charge in [0, 0.05) is 12.5 Å². The van der Waals surface area contributed by atoms with Gasteiger partial charge in [-0.25, -0.2) is 14.8 Å². The third-order valence-electron chi connectivity index (χ3n) is 5.68. The number of benzene rings is 1. The molecule has 2 aliphatic heterocycles. The number of carbonyl (C=O) groups is 1. The number of carbonyl (C=O) groups excluding carboxylic acids is 1. The first-order valence-electron chi connectivity index (χ1n) is 10.0. The molecule has 29 heavy (non-hydrogen) atoms. The fraction of sp³-hybridized carbons (Fsp3) is 0.409. The summed E-state index contributed by atoms with van der Waals surface area (Å²) in [6.07, 6.45) is 2.59. The Morgan fingerprint density at radius 1 is 1.17 bits per heavy atom. The maximum atomic E-state index is 12.5. The van der Waals surface area contributed by atoms with Gasteiger partial charge in [-0.3, -0.25) is 4.57 Å². The third-order valence-corrected chi connectivity index (χ3v) is 5.68. The Balaban J connectivity index is 1.33. The lowest BCUT2D eigenvalue weighted by Crippen LogP contribution is -2.50. The Bertz CT molecular complexity index is 1070. The highest BCUT2D eigenvalue weighted by Crippen LogP contribution is 2.43. The Morgan fingerprint density at radius 3 is 2.83 bits per heavy atom. The average molecular weight is 391 g/mol. The van der Waals surface area contributed by atoms with Crippen LogP contribution in [0.25, 0.3) is 16.9 Å². The molecule has 3 fully saturated rings. The number of amides is 1. The topological polar surface area (TPSA) is 72.3 Å². The molecule has 2 bridgehead atoms. The minimum Gasteiger partial charge on any atom is -0.444 e. The van der Waals surface area contributed by atoms with Crippen LogP contribution in [-0.2, 0) is 4.74 Å². The molecule has 1 aromatic carbocycles. The van der Waals surface area contributed by atoms with Gasteiger partial charge in [0.15, 0.2) is 0 Å². The number of imidazole rings is 1. The second-order valence-electron chi connectivity index (χ2n) is 8.85. The summed E-state index contributed by atoms with van der Waals surface area (Å²) in [6.45, 7) is 6.44. The van der Waals surface area contributed by atoms with Crippen molar-refractivity contribution in [3.05, 3.63) is 48.8 Å². The molecule has 2 saturated heterocycles. The van der Waals surface area contributed by atoms with Crippen LogP contribution in [0.5, 0.6) is 0 Å². The number of nitrogens with zero attached hydrogens (tertiary/aromatic N) is 4. The molecule has 1 N–H and O–H groups in total. The van der Waals surface area contributed by atoms with Crippen LogP contribution in [0.2, 0.25) is 0 Å². The zero-order valence-corrected chi connectivity index (χ0v) is 16.9. The standard InChI is InChI=1S/C22H25N5O2/c1-22(2,3)29-21(28)26-12-14-11-17(26)20(14)25-18-9-6-10-19(24-18)27-13-23-15-7-4-5-8-16(15)27/h4-10,13-14,17,20H,11-12H2,1-3H3,(H,24,25). The van der Waals surface area contributed by atoms with Gasteiger partial charge in [0.05, 0.1) is 23.1 Å². The highest BCUT2D eigenvalue weighted by molar-refractivity contribution is 5.76. The molecule has 1 saturated carbocycles. The quantitative estimate of drug-likeness (QED) is 0.734. The van der Waals surface area contributed by atoms with Crippen LogP contribution < -0.4 is 5.32 Å². The lowest BCUT2D eigenvalue weighted by atomic mass is 9.80. The number of hydrogen-bond donors (Lipinski definition) is 1. The molecule has 3 aliphatic rings. The normalized spacial score (nSPS) is 23.1. The largest absolute Gasteiger partial charge is 0.444 e. The smallest absolute Gasteiger partial charge is 0.410 e. The molecular formula is C22H25N5O2. The number of para-hydroxylation sites is 2. The maximum absolute atomic E-state index is 12.5. The molecule has 0 spiro atoms. The van der Waals surface area contributed by atoms with Gasteiger partial charge in [-0.2, -0.15) is 0 Å². The molecule has 3 aromatic rings. The monoisotopic (exact) mass is 391 g/mol. The van der Waals surface area contributed by atoms with Gasteiger partial charge in [0.25, 0.3) is 0 Å². The molecule has 150 valence electrons. The summed E-state index contributed by atoms with van der Waals surface area (Å²) >= 11 is 0. The number of pyridine rings is 1. The van der Waals surface area contributed by atoms with Crippen LogP contribution in [0.4, 0.5) is 10.6 Å². The van der Waals surface area contributed by atoms with E-state index in [1.54, 1.807) is 6.33 Å². The number of aromatic nitrogens is 3. The Hall–Kier alpha value is -3.09. The average Bonchev–Trinajstić information content (AvgIpc) is 3.38. The molecule has 1 aliphatic carbocycles. The number of nitrogens with one attached hydrogen (secondary N) is 1. The highest BCUT2D eigenvalue weighted by atomic mass is 16.6. The summed E-state index contributed by atoms with van der Waals surface area (Å²) in [7, 11) is 0. The van der Waals surface area contributed by atoms with Crippen LogP contribution >= 0.6 is 0 Å². The van der Waals surface area contributed by atoms with E-state index in [1.165, 1.54) is 0 Å². The molecule has 7 heteroatoms. The number of hydrogen-bond acceptors (Lipinski definition) is 5. The third kappa shape index (κ3) is 3.20. The zero-order chi connectivity index (χ0) is 20.2.